The van der Waals surface area contributed by atoms with E-state index in [1.165, 1.54) is 18.3 Å². The topological polar surface area (TPSA) is 62.2 Å². The van der Waals surface area contributed by atoms with Crippen LogP contribution in [0.2, 0.25) is 0 Å². The summed E-state index contributed by atoms with van der Waals surface area (Å²) in [5.41, 5.74) is 0.364. The molecule has 4 nitrogen and oxygen atoms in total. The summed E-state index contributed by atoms with van der Waals surface area (Å²) in [7, 11) is 0. The van der Waals surface area contributed by atoms with Gasteiger partial charge in [-0.25, -0.2) is 4.39 Å². The van der Waals surface area contributed by atoms with Crippen molar-refractivity contribution in [3.63, 3.8) is 0 Å². The van der Waals surface area contributed by atoms with Crippen molar-refractivity contribution in [2.75, 3.05) is 0 Å². The molecule has 0 aliphatic heterocycles. The van der Waals surface area contributed by atoms with E-state index in [9.17, 15) is 14.3 Å². The number of halogens is 1. The van der Waals surface area contributed by atoms with Gasteiger partial charge in [-0.15, -0.1) is 0 Å². The first kappa shape index (κ1) is 16.8. The number of nitrogens with one attached hydrogen (secondary N) is 1. The van der Waals surface area contributed by atoms with E-state index >= 15 is 0 Å². The first-order chi connectivity index (χ1) is 11.3. The highest BCUT2D eigenvalue weighted by molar-refractivity contribution is 5.97. The van der Waals surface area contributed by atoms with Crippen LogP contribution in [0.1, 0.15) is 49.9 Å². The molecule has 1 aromatic carbocycles. The molecule has 1 fully saturated rings. The Hall–Kier alpha value is -2.01. The zero-order chi connectivity index (χ0) is 17.3. The predicted molar refractivity (Wildman–Crippen MR) is 91.2 cm³/mol. The Balaban J connectivity index is 1.64. The molecule has 128 valence electrons. The van der Waals surface area contributed by atoms with Gasteiger partial charge in [0.25, 0.3) is 5.91 Å². The van der Waals surface area contributed by atoms with Gasteiger partial charge in [-0.1, -0.05) is 0 Å². The fourth-order valence-corrected chi connectivity index (χ4v) is 3.43. The van der Waals surface area contributed by atoms with Crippen LogP contribution in [0.5, 0.6) is 0 Å². The Morgan fingerprint density at radius 1 is 1.25 bits per heavy atom. The van der Waals surface area contributed by atoms with Crippen LogP contribution in [0.25, 0.3) is 10.9 Å². The van der Waals surface area contributed by atoms with Gasteiger partial charge in [0.15, 0.2) is 0 Å². The predicted octanol–water partition coefficient (Wildman–Crippen LogP) is 3.43. The first-order valence-electron chi connectivity index (χ1n) is 8.41. The molecule has 0 bridgehead atoms. The van der Waals surface area contributed by atoms with Gasteiger partial charge in [0.1, 0.15) is 5.82 Å². The second-order valence-electron chi connectivity index (χ2n) is 7.24. The molecule has 0 radical (unpaired) electrons. The summed E-state index contributed by atoms with van der Waals surface area (Å²) in [6.07, 6.45) is 5.03. The average Bonchev–Trinajstić information content (AvgIpc) is 2.54. The highest BCUT2D eigenvalue weighted by Crippen LogP contribution is 2.32. The van der Waals surface area contributed by atoms with E-state index in [4.69, 9.17) is 0 Å². The van der Waals surface area contributed by atoms with E-state index in [1.54, 1.807) is 12.1 Å². The fourth-order valence-electron chi connectivity index (χ4n) is 3.43. The number of benzene rings is 1. The third-order valence-corrected chi connectivity index (χ3v) is 4.97. The SMILES string of the molecule is CC(C)(O)[C@H]1CC[C@H](NC(=O)c2cnc3cc(F)ccc3c2)CC1. The molecular weight excluding hydrogens is 307 g/mol. The summed E-state index contributed by atoms with van der Waals surface area (Å²) in [4.78, 5) is 16.6. The quantitative estimate of drug-likeness (QED) is 0.906. The summed E-state index contributed by atoms with van der Waals surface area (Å²) >= 11 is 0. The Kier molecular flexibility index (Phi) is 4.54. The number of nitrogens with zero attached hydrogens (tertiary/aromatic N) is 1. The summed E-state index contributed by atoms with van der Waals surface area (Å²) < 4.78 is 13.2. The largest absolute Gasteiger partial charge is 0.390 e. The second-order valence-corrected chi connectivity index (χ2v) is 7.24. The Bertz CT molecular complexity index is 747. The van der Waals surface area contributed by atoms with Gasteiger partial charge in [0.05, 0.1) is 16.7 Å². The van der Waals surface area contributed by atoms with E-state index in [-0.39, 0.29) is 23.7 Å². The van der Waals surface area contributed by atoms with E-state index in [1.807, 2.05) is 13.8 Å². The smallest absolute Gasteiger partial charge is 0.253 e. The molecule has 2 N–H and O–H groups in total. The van der Waals surface area contributed by atoms with Crippen LogP contribution >= 0.6 is 0 Å². The van der Waals surface area contributed by atoms with Crippen LogP contribution in [0.3, 0.4) is 0 Å². The molecule has 0 atom stereocenters. The number of aliphatic hydroxyl groups is 1. The number of hydrogen-bond acceptors (Lipinski definition) is 3. The zero-order valence-electron chi connectivity index (χ0n) is 14.1. The van der Waals surface area contributed by atoms with Crippen molar-refractivity contribution in [1.29, 1.82) is 0 Å². The Labute approximate surface area is 141 Å². The minimum absolute atomic E-state index is 0.125. The van der Waals surface area contributed by atoms with Crippen LogP contribution in [0.15, 0.2) is 30.5 Å². The molecule has 1 aliphatic carbocycles. The molecule has 0 saturated heterocycles. The molecule has 3 rings (SSSR count). The molecular formula is C19H23FN2O2. The lowest BCUT2D eigenvalue weighted by atomic mass is 9.77. The zero-order valence-corrected chi connectivity index (χ0v) is 14.1. The summed E-state index contributed by atoms with van der Waals surface area (Å²) in [5.74, 6) is -0.209. The van der Waals surface area contributed by atoms with Crippen LogP contribution in [0.4, 0.5) is 4.39 Å². The fraction of sp³-hybridized carbons (Fsp3) is 0.474. The van der Waals surface area contributed by atoms with E-state index in [2.05, 4.69) is 10.3 Å². The van der Waals surface area contributed by atoms with Crippen LogP contribution in [0, 0.1) is 11.7 Å². The minimum atomic E-state index is -0.660. The van der Waals surface area contributed by atoms with Gasteiger partial charge in [-0.3, -0.25) is 9.78 Å². The molecule has 0 unspecified atom stereocenters. The lowest BCUT2D eigenvalue weighted by Crippen LogP contribution is -2.41. The lowest BCUT2D eigenvalue weighted by Gasteiger charge is -2.36. The maximum Gasteiger partial charge on any atom is 0.253 e. The van der Waals surface area contributed by atoms with Crippen LogP contribution in [-0.2, 0) is 0 Å². The molecule has 5 heteroatoms. The molecule has 1 aliphatic rings. The van der Waals surface area contributed by atoms with E-state index in [0.717, 1.165) is 31.1 Å². The van der Waals surface area contributed by atoms with Gasteiger partial charge in [-0.05, 0) is 63.6 Å². The van der Waals surface area contributed by atoms with Gasteiger partial charge in [-0.2, -0.15) is 0 Å². The van der Waals surface area contributed by atoms with Crippen LogP contribution < -0.4 is 5.32 Å². The number of carbonyl (C=O) groups is 1. The Morgan fingerprint density at radius 2 is 1.96 bits per heavy atom. The van der Waals surface area contributed by atoms with E-state index < -0.39 is 5.60 Å². The number of pyridine rings is 1. The molecule has 1 amide bonds. The van der Waals surface area contributed by atoms with Crippen molar-refractivity contribution in [3.05, 3.63) is 41.8 Å². The summed E-state index contributed by atoms with van der Waals surface area (Å²) in [5, 5.41) is 13.9. The van der Waals surface area contributed by atoms with Crippen molar-refractivity contribution in [1.82, 2.24) is 10.3 Å². The van der Waals surface area contributed by atoms with Crippen LogP contribution in [-0.4, -0.2) is 27.6 Å². The number of fused-ring (bicyclic) bond motifs is 1. The standard InChI is InChI=1S/C19H23FN2O2/c1-19(2,24)14-4-7-16(8-5-14)22-18(23)13-9-12-3-6-15(20)10-17(12)21-11-13/h3,6,9-11,14,16,24H,4-5,7-8H2,1-2H3,(H,22,23)/t14-,16-. The number of aromatic nitrogens is 1. The van der Waals surface area contributed by atoms with Gasteiger partial charge in [0.2, 0.25) is 0 Å². The normalized spacial score (nSPS) is 21.7. The third-order valence-electron chi connectivity index (χ3n) is 4.97. The third kappa shape index (κ3) is 3.73. The van der Waals surface area contributed by atoms with Gasteiger partial charge >= 0.3 is 0 Å². The highest BCUT2D eigenvalue weighted by Gasteiger charge is 2.31. The Morgan fingerprint density at radius 3 is 2.62 bits per heavy atom. The van der Waals surface area contributed by atoms with Gasteiger partial charge in [0, 0.05) is 23.7 Å². The number of carbonyl (C=O) groups excluding carboxylic acids is 1. The number of rotatable bonds is 3. The van der Waals surface area contributed by atoms with Crippen molar-refractivity contribution >= 4 is 16.8 Å². The van der Waals surface area contributed by atoms with E-state index in [0.29, 0.717) is 11.1 Å². The molecule has 2 aromatic rings. The molecule has 0 spiro atoms. The minimum Gasteiger partial charge on any atom is -0.390 e. The maximum atomic E-state index is 13.2. The van der Waals surface area contributed by atoms with Gasteiger partial charge < -0.3 is 10.4 Å². The molecule has 1 aromatic heterocycles. The molecule has 1 heterocycles. The summed E-state index contributed by atoms with van der Waals surface area (Å²) in [6, 6.07) is 6.21. The molecule has 1 saturated carbocycles. The average molecular weight is 330 g/mol. The highest BCUT2D eigenvalue weighted by atomic mass is 19.1. The summed E-state index contributed by atoms with van der Waals surface area (Å²) in [6.45, 7) is 3.69. The number of hydrogen-bond donors (Lipinski definition) is 2. The van der Waals surface area contributed by atoms with Crippen molar-refractivity contribution < 1.29 is 14.3 Å². The molecule has 24 heavy (non-hydrogen) atoms. The lowest BCUT2D eigenvalue weighted by molar-refractivity contribution is -0.00257. The number of amides is 1. The van der Waals surface area contributed by atoms with Crippen molar-refractivity contribution in [2.45, 2.75) is 51.2 Å². The van der Waals surface area contributed by atoms with Crippen molar-refractivity contribution in [3.8, 4) is 0 Å². The maximum absolute atomic E-state index is 13.2. The monoisotopic (exact) mass is 330 g/mol. The second kappa shape index (κ2) is 6.48. The first-order valence-corrected chi connectivity index (χ1v) is 8.41. The van der Waals surface area contributed by atoms with Crippen molar-refractivity contribution in [2.24, 2.45) is 5.92 Å².